The number of ether oxygens (including phenoxy) is 1. The van der Waals surface area contributed by atoms with Crippen molar-refractivity contribution < 1.29 is 9.53 Å². The van der Waals surface area contributed by atoms with Crippen LogP contribution in [0, 0.1) is 6.92 Å². The van der Waals surface area contributed by atoms with Crippen molar-refractivity contribution in [1.29, 1.82) is 0 Å². The van der Waals surface area contributed by atoms with Gasteiger partial charge in [0.1, 0.15) is 12.4 Å². The molecule has 170 valence electrons. The Morgan fingerprint density at radius 2 is 2.03 bits per heavy atom. The lowest BCUT2D eigenvalue weighted by Crippen LogP contribution is -2.14. The van der Waals surface area contributed by atoms with Gasteiger partial charge in [0.25, 0.3) is 0 Å². The number of rotatable bonds is 9. The number of nitrogens with one attached hydrogen (secondary N) is 1. The molecule has 0 unspecified atom stereocenters. The minimum atomic E-state index is -0.149. The Hall–Kier alpha value is -2.88. The van der Waals surface area contributed by atoms with E-state index >= 15 is 0 Å². The number of nitrogens with zero attached hydrogens (tertiary/aromatic N) is 4. The first-order valence-electron chi connectivity index (χ1n) is 10.3. The SMILES string of the molecule is CCn1c(COc2cc(C)ccc2Cl)nnc1SCC(=O)Nc1nc(-c2ccccc2)cs1. The van der Waals surface area contributed by atoms with Crippen LogP contribution >= 0.6 is 34.7 Å². The standard InChI is InChI=1S/C23H22ClN5O2S2/c1-3-29-20(12-31-19-11-15(2)9-10-17(19)24)27-28-23(29)33-14-21(30)26-22-25-18(13-32-22)16-7-5-4-6-8-16/h4-11,13H,3,12,14H2,1-2H3,(H,25,26,30). The van der Waals surface area contributed by atoms with Gasteiger partial charge in [-0.1, -0.05) is 59.8 Å². The number of carbonyl (C=O) groups excluding carboxylic acids is 1. The van der Waals surface area contributed by atoms with Gasteiger partial charge in [0.05, 0.1) is 16.5 Å². The lowest BCUT2D eigenvalue weighted by Gasteiger charge is -2.10. The molecule has 2 aromatic heterocycles. The highest BCUT2D eigenvalue weighted by Crippen LogP contribution is 2.27. The first-order chi connectivity index (χ1) is 16.0. The number of amides is 1. The lowest BCUT2D eigenvalue weighted by atomic mass is 10.2. The van der Waals surface area contributed by atoms with Gasteiger partial charge in [-0.2, -0.15) is 0 Å². The van der Waals surface area contributed by atoms with E-state index in [1.165, 1.54) is 23.1 Å². The molecular weight excluding hydrogens is 478 g/mol. The summed E-state index contributed by atoms with van der Waals surface area (Å²) >= 11 is 8.93. The van der Waals surface area contributed by atoms with Gasteiger partial charge in [-0.3, -0.25) is 4.79 Å². The van der Waals surface area contributed by atoms with Gasteiger partial charge in [0.15, 0.2) is 16.1 Å². The maximum Gasteiger partial charge on any atom is 0.236 e. The summed E-state index contributed by atoms with van der Waals surface area (Å²) in [6.45, 7) is 4.87. The van der Waals surface area contributed by atoms with Crippen LogP contribution in [0.3, 0.4) is 0 Å². The number of carbonyl (C=O) groups is 1. The maximum absolute atomic E-state index is 12.5. The molecule has 0 saturated carbocycles. The summed E-state index contributed by atoms with van der Waals surface area (Å²) in [7, 11) is 0. The van der Waals surface area contributed by atoms with E-state index in [1.54, 1.807) is 0 Å². The normalized spacial score (nSPS) is 10.9. The first-order valence-corrected chi connectivity index (χ1v) is 12.5. The summed E-state index contributed by atoms with van der Waals surface area (Å²) in [6, 6.07) is 15.5. The van der Waals surface area contributed by atoms with Gasteiger partial charge in [-0.25, -0.2) is 4.98 Å². The van der Waals surface area contributed by atoms with Crippen molar-refractivity contribution in [2.24, 2.45) is 0 Å². The second kappa shape index (κ2) is 10.8. The highest BCUT2D eigenvalue weighted by Gasteiger charge is 2.15. The molecule has 1 amide bonds. The van der Waals surface area contributed by atoms with Gasteiger partial charge in [-0.05, 0) is 31.5 Å². The Bertz CT molecular complexity index is 1240. The zero-order valence-corrected chi connectivity index (χ0v) is 20.5. The van der Waals surface area contributed by atoms with Crippen molar-refractivity contribution in [1.82, 2.24) is 19.7 Å². The van der Waals surface area contributed by atoms with Crippen LogP contribution < -0.4 is 10.1 Å². The highest BCUT2D eigenvalue weighted by molar-refractivity contribution is 7.99. The molecule has 7 nitrogen and oxygen atoms in total. The van der Waals surface area contributed by atoms with Crippen molar-refractivity contribution in [2.45, 2.75) is 32.2 Å². The number of benzene rings is 2. The fourth-order valence-electron chi connectivity index (χ4n) is 3.07. The summed E-state index contributed by atoms with van der Waals surface area (Å²) in [5.41, 5.74) is 2.92. The predicted molar refractivity (Wildman–Crippen MR) is 133 cm³/mol. The smallest absolute Gasteiger partial charge is 0.236 e. The van der Waals surface area contributed by atoms with Crippen LogP contribution in [0.1, 0.15) is 18.3 Å². The third kappa shape index (κ3) is 5.93. The minimum Gasteiger partial charge on any atom is -0.484 e. The molecule has 0 spiro atoms. The molecule has 33 heavy (non-hydrogen) atoms. The summed E-state index contributed by atoms with van der Waals surface area (Å²) < 4.78 is 7.78. The largest absolute Gasteiger partial charge is 0.484 e. The van der Waals surface area contributed by atoms with Crippen LogP contribution in [0.2, 0.25) is 5.02 Å². The van der Waals surface area contributed by atoms with E-state index in [0.717, 1.165) is 16.8 Å². The van der Waals surface area contributed by atoms with Crippen molar-refractivity contribution in [3.8, 4) is 17.0 Å². The van der Waals surface area contributed by atoms with Crippen LogP contribution in [0.4, 0.5) is 5.13 Å². The molecular formula is C23H22ClN5O2S2. The molecule has 0 fully saturated rings. The zero-order chi connectivity index (χ0) is 23.2. The van der Waals surface area contributed by atoms with Gasteiger partial charge in [0, 0.05) is 17.5 Å². The Labute approximate surface area is 205 Å². The second-order valence-electron chi connectivity index (χ2n) is 7.11. The Morgan fingerprint density at radius 3 is 2.82 bits per heavy atom. The van der Waals surface area contributed by atoms with E-state index in [1.807, 2.05) is 72.3 Å². The number of thiazole rings is 1. The Kier molecular flexibility index (Phi) is 7.64. The molecule has 0 bridgehead atoms. The van der Waals surface area contributed by atoms with Gasteiger partial charge in [0.2, 0.25) is 5.91 Å². The Morgan fingerprint density at radius 1 is 1.21 bits per heavy atom. The van der Waals surface area contributed by atoms with Gasteiger partial charge >= 0.3 is 0 Å². The molecule has 0 saturated heterocycles. The molecule has 1 N–H and O–H groups in total. The molecule has 2 heterocycles. The number of aryl methyl sites for hydroxylation is 1. The molecule has 2 aromatic carbocycles. The minimum absolute atomic E-state index is 0.149. The fourth-order valence-corrected chi connectivity index (χ4v) is 4.80. The molecule has 10 heteroatoms. The van der Waals surface area contributed by atoms with Gasteiger partial charge in [-0.15, -0.1) is 21.5 Å². The van der Waals surface area contributed by atoms with Crippen LogP contribution in [-0.4, -0.2) is 31.4 Å². The van der Waals surface area contributed by atoms with Gasteiger partial charge < -0.3 is 14.6 Å². The van der Waals surface area contributed by atoms with E-state index in [9.17, 15) is 4.79 Å². The number of halogens is 1. The van der Waals surface area contributed by atoms with E-state index in [4.69, 9.17) is 16.3 Å². The molecule has 4 rings (SSSR count). The third-order valence-corrected chi connectivity index (χ3v) is 6.74. The van der Waals surface area contributed by atoms with Crippen LogP contribution in [-0.2, 0) is 17.9 Å². The van der Waals surface area contributed by atoms with E-state index < -0.39 is 0 Å². The number of anilines is 1. The van der Waals surface area contributed by atoms with Crippen molar-refractivity contribution in [2.75, 3.05) is 11.1 Å². The summed E-state index contributed by atoms with van der Waals surface area (Å²) in [6.07, 6.45) is 0. The summed E-state index contributed by atoms with van der Waals surface area (Å²) in [5, 5.41) is 15.0. The lowest BCUT2D eigenvalue weighted by molar-refractivity contribution is -0.113. The summed E-state index contributed by atoms with van der Waals surface area (Å²) in [4.78, 5) is 17.0. The van der Waals surface area contributed by atoms with Crippen molar-refractivity contribution >= 4 is 45.7 Å². The molecule has 0 radical (unpaired) electrons. The number of thioether (sulfide) groups is 1. The van der Waals surface area contributed by atoms with Crippen LogP contribution in [0.5, 0.6) is 5.75 Å². The summed E-state index contributed by atoms with van der Waals surface area (Å²) in [5.74, 6) is 1.33. The number of aromatic nitrogens is 4. The first kappa shape index (κ1) is 23.3. The molecule has 4 aromatic rings. The van der Waals surface area contributed by atoms with Crippen LogP contribution in [0.15, 0.2) is 59.1 Å². The quantitative estimate of drug-likeness (QED) is 0.298. The average molecular weight is 500 g/mol. The topological polar surface area (TPSA) is 81.9 Å². The third-order valence-electron chi connectivity index (χ3n) is 4.71. The molecule has 0 aliphatic heterocycles. The molecule has 0 aliphatic carbocycles. The van der Waals surface area contributed by atoms with Crippen LogP contribution in [0.25, 0.3) is 11.3 Å². The predicted octanol–water partition coefficient (Wildman–Crippen LogP) is 5.69. The second-order valence-corrected chi connectivity index (χ2v) is 9.31. The molecule has 0 aliphatic rings. The Balaban J connectivity index is 1.34. The van der Waals surface area contributed by atoms with E-state index in [2.05, 4.69) is 20.5 Å². The highest BCUT2D eigenvalue weighted by atomic mass is 35.5. The monoisotopic (exact) mass is 499 g/mol. The van der Waals surface area contributed by atoms with E-state index in [0.29, 0.717) is 33.4 Å². The number of hydrogen-bond acceptors (Lipinski definition) is 7. The average Bonchev–Trinajstić information content (AvgIpc) is 3.45. The maximum atomic E-state index is 12.5. The van der Waals surface area contributed by atoms with E-state index in [-0.39, 0.29) is 18.3 Å². The fraction of sp³-hybridized carbons (Fsp3) is 0.217. The van der Waals surface area contributed by atoms with Crippen molar-refractivity contribution in [3.05, 3.63) is 70.3 Å². The zero-order valence-electron chi connectivity index (χ0n) is 18.1. The number of hydrogen-bond donors (Lipinski definition) is 1. The van der Waals surface area contributed by atoms with Crippen molar-refractivity contribution in [3.63, 3.8) is 0 Å². The molecule has 0 atom stereocenters.